The molecule has 3 rings (SSSR count). The summed E-state index contributed by atoms with van der Waals surface area (Å²) >= 11 is 0. The molecule has 2 aromatic heterocycles. The maximum Gasteiger partial charge on any atom is 0.242 e. The van der Waals surface area contributed by atoms with Crippen molar-refractivity contribution >= 4 is 22.6 Å². The molecule has 0 unspecified atom stereocenters. The number of likely N-dealkylation sites (N-methyl/N-ethyl adjacent to an activating group) is 1. The van der Waals surface area contributed by atoms with Crippen LogP contribution >= 0.6 is 0 Å². The molecular formula is C19H20N4O. The van der Waals surface area contributed by atoms with Crippen molar-refractivity contribution in [2.45, 2.75) is 19.5 Å². The molecule has 0 aliphatic carbocycles. The fraction of sp³-hybridized carbons (Fsp3) is 0.211. The molecule has 1 aromatic carbocycles. The number of fused-ring (bicyclic) bond motifs is 1. The molecule has 0 bridgehead atoms. The molecule has 0 aliphatic heterocycles. The average Bonchev–Trinajstić information content (AvgIpc) is 2.61. The Morgan fingerprint density at radius 2 is 1.92 bits per heavy atom. The minimum absolute atomic E-state index is 0.0861. The number of nitrogens with one attached hydrogen (secondary N) is 1. The quantitative estimate of drug-likeness (QED) is 0.785. The topological polar surface area (TPSA) is 58.1 Å². The number of pyridine rings is 2. The van der Waals surface area contributed by atoms with E-state index in [1.165, 1.54) is 0 Å². The molecule has 0 saturated heterocycles. The second-order valence-corrected chi connectivity index (χ2v) is 5.79. The monoisotopic (exact) mass is 320 g/mol. The van der Waals surface area contributed by atoms with E-state index in [9.17, 15) is 4.79 Å². The summed E-state index contributed by atoms with van der Waals surface area (Å²) in [5, 5.41) is 3.94. The van der Waals surface area contributed by atoms with Crippen molar-refractivity contribution in [2.75, 3.05) is 12.4 Å². The zero-order chi connectivity index (χ0) is 16.9. The van der Waals surface area contributed by atoms with Crippen LogP contribution < -0.4 is 5.32 Å². The van der Waals surface area contributed by atoms with Gasteiger partial charge in [-0.2, -0.15) is 0 Å². The van der Waals surface area contributed by atoms with E-state index in [4.69, 9.17) is 0 Å². The van der Waals surface area contributed by atoms with E-state index >= 15 is 0 Å². The van der Waals surface area contributed by atoms with E-state index in [-0.39, 0.29) is 11.9 Å². The molecule has 0 saturated carbocycles. The number of benzene rings is 1. The third-order valence-corrected chi connectivity index (χ3v) is 4.02. The van der Waals surface area contributed by atoms with Crippen molar-refractivity contribution in [3.8, 4) is 0 Å². The predicted octanol–water partition coefficient (Wildman–Crippen LogP) is 3.09. The van der Waals surface area contributed by atoms with Gasteiger partial charge < -0.3 is 5.32 Å². The van der Waals surface area contributed by atoms with E-state index < -0.39 is 0 Å². The molecule has 1 atom stereocenters. The number of hydrogen-bond donors (Lipinski definition) is 1. The summed E-state index contributed by atoms with van der Waals surface area (Å²) in [6.07, 6.45) is 1.66. The van der Waals surface area contributed by atoms with Gasteiger partial charge in [-0.3, -0.25) is 14.7 Å². The Bertz CT molecular complexity index is 835. The van der Waals surface area contributed by atoms with Crippen LogP contribution in [0.1, 0.15) is 12.6 Å². The minimum atomic E-state index is -0.291. The number of para-hydroxylation sites is 1. The Labute approximate surface area is 141 Å². The molecule has 0 aliphatic rings. The molecule has 0 fully saturated rings. The Morgan fingerprint density at radius 3 is 2.71 bits per heavy atom. The molecule has 1 N–H and O–H groups in total. The van der Waals surface area contributed by atoms with Gasteiger partial charge in [0.25, 0.3) is 0 Å². The molecule has 1 amide bonds. The van der Waals surface area contributed by atoms with Crippen LogP contribution in [0.3, 0.4) is 0 Å². The van der Waals surface area contributed by atoms with E-state index in [0.717, 1.165) is 16.6 Å². The minimum Gasteiger partial charge on any atom is -0.309 e. The van der Waals surface area contributed by atoms with Crippen LogP contribution in [0.25, 0.3) is 10.9 Å². The largest absolute Gasteiger partial charge is 0.309 e. The summed E-state index contributed by atoms with van der Waals surface area (Å²) in [5.74, 6) is 0.476. The van der Waals surface area contributed by atoms with Crippen molar-refractivity contribution < 1.29 is 4.79 Å². The Kier molecular flexibility index (Phi) is 4.82. The van der Waals surface area contributed by atoms with E-state index in [2.05, 4.69) is 21.4 Å². The van der Waals surface area contributed by atoms with E-state index in [1.807, 2.05) is 61.3 Å². The zero-order valence-electron chi connectivity index (χ0n) is 13.8. The maximum absolute atomic E-state index is 12.3. The number of nitrogens with zero attached hydrogens (tertiary/aromatic N) is 3. The zero-order valence-corrected chi connectivity index (χ0v) is 13.8. The SMILES string of the molecule is C[C@@H](C(=O)Nc1ccccn1)N(C)Cc1ccc2ccccc2n1. The highest BCUT2D eigenvalue weighted by Gasteiger charge is 2.19. The van der Waals surface area contributed by atoms with Crippen molar-refractivity contribution in [3.05, 3.63) is 66.5 Å². The second-order valence-electron chi connectivity index (χ2n) is 5.79. The second kappa shape index (κ2) is 7.19. The summed E-state index contributed by atoms with van der Waals surface area (Å²) in [6.45, 7) is 2.47. The molecule has 0 radical (unpaired) electrons. The third kappa shape index (κ3) is 3.75. The number of carbonyl (C=O) groups excluding carboxylic acids is 1. The standard InChI is InChI=1S/C19H20N4O/c1-14(19(24)22-18-9-5-6-12-20-18)23(2)13-16-11-10-15-7-3-4-8-17(15)21-16/h3-12,14H,13H2,1-2H3,(H,20,22,24)/t14-/m0/s1. The first-order valence-corrected chi connectivity index (χ1v) is 7.90. The highest BCUT2D eigenvalue weighted by Crippen LogP contribution is 2.14. The molecular weight excluding hydrogens is 300 g/mol. The van der Waals surface area contributed by atoms with Gasteiger partial charge >= 0.3 is 0 Å². The highest BCUT2D eigenvalue weighted by molar-refractivity contribution is 5.93. The van der Waals surface area contributed by atoms with Gasteiger partial charge in [-0.05, 0) is 38.2 Å². The number of carbonyl (C=O) groups is 1. The van der Waals surface area contributed by atoms with Crippen molar-refractivity contribution in [2.24, 2.45) is 0 Å². The summed E-state index contributed by atoms with van der Waals surface area (Å²) in [6, 6.07) is 17.2. The number of amides is 1. The van der Waals surface area contributed by atoms with Gasteiger partial charge in [-0.1, -0.05) is 30.3 Å². The van der Waals surface area contributed by atoms with Gasteiger partial charge in [0.2, 0.25) is 5.91 Å². The molecule has 5 heteroatoms. The lowest BCUT2D eigenvalue weighted by molar-refractivity contribution is -0.120. The fourth-order valence-electron chi connectivity index (χ4n) is 2.46. The predicted molar refractivity (Wildman–Crippen MR) is 95.5 cm³/mol. The van der Waals surface area contributed by atoms with E-state index in [1.54, 1.807) is 12.3 Å². The first kappa shape index (κ1) is 16.1. The lowest BCUT2D eigenvalue weighted by atomic mass is 10.2. The van der Waals surface area contributed by atoms with Crippen LogP contribution in [0.5, 0.6) is 0 Å². The first-order chi connectivity index (χ1) is 11.6. The first-order valence-electron chi connectivity index (χ1n) is 7.90. The van der Waals surface area contributed by atoms with E-state index in [0.29, 0.717) is 12.4 Å². The van der Waals surface area contributed by atoms with Gasteiger partial charge in [0.1, 0.15) is 5.82 Å². The molecule has 2 heterocycles. The number of rotatable bonds is 5. The lowest BCUT2D eigenvalue weighted by Gasteiger charge is -2.23. The maximum atomic E-state index is 12.3. The fourth-order valence-corrected chi connectivity index (χ4v) is 2.46. The van der Waals surface area contributed by atoms with Crippen LogP contribution in [-0.2, 0) is 11.3 Å². The molecule has 0 spiro atoms. The van der Waals surface area contributed by atoms with Crippen molar-refractivity contribution in [3.63, 3.8) is 0 Å². The van der Waals surface area contributed by atoms with Gasteiger partial charge in [-0.15, -0.1) is 0 Å². The average molecular weight is 320 g/mol. The van der Waals surface area contributed by atoms with Crippen LogP contribution in [0, 0.1) is 0 Å². The third-order valence-electron chi connectivity index (χ3n) is 4.02. The van der Waals surface area contributed by atoms with Gasteiger partial charge in [-0.25, -0.2) is 4.98 Å². The Morgan fingerprint density at radius 1 is 1.12 bits per heavy atom. The van der Waals surface area contributed by atoms with Crippen LogP contribution in [0.2, 0.25) is 0 Å². The Balaban J connectivity index is 1.66. The molecule has 5 nitrogen and oxygen atoms in total. The number of hydrogen-bond acceptors (Lipinski definition) is 4. The van der Waals surface area contributed by atoms with Gasteiger partial charge in [0.05, 0.1) is 17.3 Å². The summed E-state index contributed by atoms with van der Waals surface area (Å²) in [7, 11) is 1.92. The summed E-state index contributed by atoms with van der Waals surface area (Å²) in [5.41, 5.74) is 1.91. The smallest absolute Gasteiger partial charge is 0.242 e. The van der Waals surface area contributed by atoms with Gasteiger partial charge in [0.15, 0.2) is 0 Å². The lowest BCUT2D eigenvalue weighted by Crippen LogP contribution is -2.39. The summed E-state index contributed by atoms with van der Waals surface area (Å²) < 4.78 is 0. The van der Waals surface area contributed by atoms with Crippen molar-refractivity contribution in [1.29, 1.82) is 0 Å². The number of anilines is 1. The molecule has 3 aromatic rings. The van der Waals surface area contributed by atoms with Crippen molar-refractivity contribution in [1.82, 2.24) is 14.9 Å². The van der Waals surface area contributed by atoms with Gasteiger partial charge in [0, 0.05) is 18.1 Å². The highest BCUT2D eigenvalue weighted by atomic mass is 16.2. The normalized spacial score (nSPS) is 12.3. The van der Waals surface area contributed by atoms with Crippen LogP contribution in [-0.4, -0.2) is 33.9 Å². The molecule has 24 heavy (non-hydrogen) atoms. The van der Waals surface area contributed by atoms with Crippen LogP contribution in [0.15, 0.2) is 60.8 Å². The van der Waals surface area contributed by atoms with Crippen LogP contribution in [0.4, 0.5) is 5.82 Å². The number of aromatic nitrogens is 2. The Hall–Kier alpha value is -2.79. The summed E-state index contributed by atoms with van der Waals surface area (Å²) in [4.78, 5) is 23.1. The molecule has 122 valence electrons.